The molecule has 1 aliphatic rings. The number of hydrogen-bond acceptors (Lipinski definition) is 6. The van der Waals surface area contributed by atoms with Crippen LogP contribution in [0.25, 0.3) is 11.0 Å². The number of rotatable bonds is 9. The molecule has 1 aromatic heterocycles. The van der Waals surface area contributed by atoms with Gasteiger partial charge >= 0.3 is 0 Å². The van der Waals surface area contributed by atoms with Gasteiger partial charge in [0.25, 0.3) is 0 Å². The Morgan fingerprint density at radius 3 is 2.41 bits per heavy atom. The molecule has 9 heteroatoms. The van der Waals surface area contributed by atoms with Gasteiger partial charge in [-0.25, -0.2) is 4.68 Å². The lowest BCUT2D eigenvalue weighted by Crippen LogP contribution is -2.47. The quantitative estimate of drug-likeness (QED) is 0.342. The number of carbonyl (C=O) groups is 2. The molecule has 202 valence electrons. The summed E-state index contributed by atoms with van der Waals surface area (Å²) in [6.45, 7) is 1.86. The molecule has 1 heterocycles. The molecular weight excluding hydrogens is 494 g/mol. The number of nitrogens with one attached hydrogen (secondary N) is 1. The standard InChI is InChI=1S/C30H33N5O4/c1-20-9-8-12-23(15-20)35(28(36)19-34-27-14-7-6-13-26(27)32-33-34)29(30(37)31-22-10-4-5-11-22)21-16-24(38-2)18-25(17-21)39-3/h6-9,12-18,22,29H,4-5,10-11,19H2,1-3H3,(H,31,37)/t29-/m1/s1. The number of amides is 2. The molecule has 5 rings (SSSR count). The Morgan fingerprint density at radius 2 is 1.72 bits per heavy atom. The van der Waals surface area contributed by atoms with Gasteiger partial charge in [-0.3, -0.25) is 14.5 Å². The summed E-state index contributed by atoms with van der Waals surface area (Å²) >= 11 is 0. The van der Waals surface area contributed by atoms with E-state index in [0.717, 1.165) is 36.8 Å². The number of ether oxygens (including phenoxy) is 2. The number of carbonyl (C=O) groups excluding carboxylic acids is 2. The molecule has 3 aromatic carbocycles. The lowest BCUT2D eigenvalue weighted by Gasteiger charge is -2.33. The zero-order chi connectivity index (χ0) is 27.4. The van der Waals surface area contributed by atoms with Gasteiger partial charge in [0.2, 0.25) is 11.8 Å². The minimum Gasteiger partial charge on any atom is -0.497 e. The van der Waals surface area contributed by atoms with Gasteiger partial charge in [0.15, 0.2) is 0 Å². The molecule has 1 saturated carbocycles. The van der Waals surface area contributed by atoms with E-state index < -0.39 is 6.04 Å². The Morgan fingerprint density at radius 1 is 1.00 bits per heavy atom. The highest BCUT2D eigenvalue weighted by Crippen LogP contribution is 2.34. The van der Waals surface area contributed by atoms with Gasteiger partial charge in [-0.1, -0.05) is 42.3 Å². The van der Waals surface area contributed by atoms with Crippen molar-refractivity contribution >= 4 is 28.5 Å². The highest BCUT2D eigenvalue weighted by atomic mass is 16.5. The van der Waals surface area contributed by atoms with Crippen molar-refractivity contribution in [2.75, 3.05) is 19.1 Å². The van der Waals surface area contributed by atoms with Crippen molar-refractivity contribution in [2.24, 2.45) is 0 Å². The highest BCUT2D eigenvalue weighted by molar-refractivity contribution is 6.01. The zero-order valence-corrected chi connectivity index (χ0v) is 22.5. The average Bonchev–Trinajstić information content (AvgIpc) is 3.61. The summed E-state index contributed by atoms with van der Waals surface area (Å²) in [5, 5.41) is 11.6. The van der Waals surface area contributed by atoms with E-state index in [0.29, 0.717) is 28.3 Å². The summed E-state index contributed by atoms with van der Waals surface area (Å²) in [4.78, 5) is 29.9. The highest BCUT2D eigenvalue weighted by Gasteiger charge is 2.35. The number of nitrogens with zero attached hydrogens (tertiary/aromatic N) is 4. The maximum absolute atomic E-state index is 14.2. The molecule has 0 bridgehead atoms. The second-order valence-electron chi connectivity index (χ2n) is 9.88. The van der Waals surface area contributed by atoms with E-state index in [1.807, 2.05) is 55.5 Å². The molecule has 39 heavy (non-hydrogen) atoms. The summed E-state index contributed by atoms with van der Waals surface area (Å²) in [6, 6.07) is 19.5. The SMILES string of the molecule is COc1cc(OC)cc([C@H](C(=O)NC2CCCC2)N(C(=O)Cn2nnc3ccccc32)c2cccc(C)c2)c1. The predicted molar refractivity (Wildman–Crippen MR) is 149 cm³/mol. The Hall–Kier alpha value is -4.40. The molecule has 1 aliphatic carbocycles. The topological polar surface area (TPSA) is 98.6 Å². The van der Waals surface area contributed by atoms with Crippen molar-refractivity contribution in [1.29, 1.82) is 0 Å². The summed E-state index contributed by atoms with van der Waals surface area (Å²) in [6.07, 6.45) is 3.98. The van der Waals surface area contributed by atoms with E-state index in [1.54, 1.807) is 42.0 Å². The molecule has 0 spiro atoms. The normalized spacial score (nSPS) is 14.2. The molecule has 0 saturated heterocycles. The van der Waals surface area contributed by atoms with Crippen LogP contribution in [-0.2, 0) is 16.1 Å². The Labute approximate surface area is 227 Å². The molecule has 2 amide bonds. The van der Waals surface area contributed by atoms with Gasteiger partial charge in [0.1, 0.15) is 29.6 Å². The molecule has 1 atom stereocenters. The van der Waals surface area contributed by atoms with Crippen LogP contribution in [0.2, 0.25) is 0 Å². The van der Waals surface area contributed by atoms with Gasteiger partial charge in [0.05, 0.1) is 19.7 Å². The molecule has 9 nitrogen and oxygen atoms in total. The molecule has 0 aliphatic heterocycles. The number of aryl methyl sites for hydroxylation is 1. The van der Waals surface area contributed by atoms with Crippen molar-refractivity contribution in [2.45, 2.75) is 51.2 Å². The van der Waals surface area contributed by atoms with Crippen LogP contribution in [0.4, 0.5) is 5.69 Å². The number of aromatic nitrogens is 3. The molecule has 1 fully saturated rings. The maximum atomic E-state index is 14.2. The maximum Gasteiger partial charge on any atom is 0.249 e. The first-order valence-electron chi connectivity index (χ1n) is 13.2. The lowest BCUT2D eigenvalue weighted by molar-refractivity contribution is -0.127. The average molecular weight is 528 g/mol. The molecule has 0 unspecified atom stereocenters. The number of methoxy groups -OCH3 is 2. The second kappa shape index (κ2) is 11.6. The third-order valence-electron chi connectivity index (χ3n) is 7.15. The van der Waals surface area contributed by atoms with Crippen LogP contribution in [0.1, 0.15) is 42.9 Å². The van der Waals surface area contributed by atoms with E-state index in [9.17, 15) is 9.59 Å². The summed E-state index contributed by atoms with van der Waals surface area (Å²) in [5.41, 5.74) is 3.60. The van der Waals surface area contributed by atoms with Gasteiger partial charge in [-0.05, 0) is 67.3 Å². The summed E-state index contributed by atoms with van der Waals surface area (Å²) in [7, 11) is 3.12. The van der Waals surface area contributed by atoms with E-state index in [-0.39, 0.29) is 24.4 Å². The van der Waals surface area contributed by atoms with Crippen LogP contribution in [-0.4, -0.2) is 47.1 Å². The minimum absolute atomic E-state index is 0.0706. The first-order valence-corrected chi connectivity index (χ1v) is 13.2. The first-order chi connectivity index (χ1) is 19.0. The van der Waals surface area contributed by atoms with E-state index in [4.69, 9.17) is 9.47 Å². The number of fused-ring (bicyclic) bond motifs is 1. The Balaban J connectivity index is 1.62. The van der Waals surface area contributed by atoms with E-state index in [1.165, 1.54) is 0 Å². The smallest absolute Gasteiger partial charge is 0.249 e. The third-order valence-corrected chi connectivity index (χ3v) is 7.15. The van der Waals surface area contributed by atoms with Gasteiger partial charge in [-0.2, -0.15) is 0 Å². The van der Waals surface area contributed by atoms with Crippen molar-refractivity contribution in [3.63, 3.8) is 0 Å². The predicted octanol–water partition coefficient (Wildman–Crippen LogP) is 4.59. The Bertz CT molecular complexity index is 1460. The molecule has 4 aromatic rings. The monoisotopic (exact) mass is 527 g/mol. The van der Waals surface area contributed by atoms with Crippen LogP contribution in [0, 0.1) is 6.92 Å². The van der Waals surface area contributed by atoms with Crippen molar-refractivity contribution in [3.05, 3.63) is 77.9 Å². The fourth-order valence-corrected chi connectivity index (χ4v) is 5.21. The molecule has 1 N–H and O–H groups in total. The fourth-order valence-electron chi connectivity index (χ4n) is 5.21. The van der Waals surface area contributed by atoms with Crippen LogP contribution >= 0.6 is 0 Å². The number of hydrogen-bond donors (Lipinski definition) is 1. The van der Waals surface area contributed by atoms with Crippen molar-refractivity contribution in [3.8, 4) is 11.5 Å². The second-order valence-corrected chi connectivity index (χ2v) is 9.88. The zero-order valence-electron chi connectivity index (χ0n) is 22.5. The van der Waals surface area contributed by atoms with Crippen LogP contribution in [0.15, 0.2) is 66.7 Å². The summed E-state index contributed by atoms with van der Waals surface area (Å²) < 4.78 is 12.6. The number of para-hydroxylation sites is 1. The van der Waals surface area contributed by atoms with Gasteiger partial charge in [0, 0.05) is 17.8 Å². The Kier molecular flexibility index (Phi) is 7.76. The van der Waals surface area contributed by atoms with Gasteiger partial charge < -0.3 is 14.8 Å². The molecule has 0 radical (unpaired) electrons. The fraction of sp³-hybridized carbons (Fsp3) is 0.333. The lowest BCUT2D eigenvalue weighted by atomic mass is 10.0. The number of benzene rings is 3. The molecular formula is C30H33N5O4. The largest absolute Gasteiger partial charge is 0.497 e. The first kappa shape index (κ1) is 26.2. The van der Waals surface area contributed by atoms with E-state index in [2.05, 4.69) is 15.6 Å². The minimum atomic E-state index is -0.973. The van der Waals surface area contributed by atoms with Crippen LogP contribution in [0.5, 0.6) is 11.5 Å². The third kappa shape index (κ3) is 5.72. The summed E-state index contributed by atoms with van der Waals surface area (Å²) in [5.74, 6) is 0.504. The number of anilines is 1. The van der Waals surface area contributed by atoms with Crippen LogP contribution in [0.3, 0.4) is 0 Å². The van der Waals surface area contributed by atoms with E-state index >= 15 is 0 Å². The van der Waals surface area contributed by atoms with Crippen LogP contribution < -0.4 is 19.7 Å². The van der Waals surface area contributed by atoms with Crippen molar-refractivity contribution in [1.82, 2.24) is 20.3 Å². The van der Waals surface area contributed by atoms with Gasteiger partial charge in [-0.15, -0.1) is 5.10 Å². The van der Waals surface area contributed by atoms with Crippen molar-refractivity contribution < 1.29 is 19.1 Å².